The molecule has 2 N–H and O–H groups in total. The number of aromatic amines is 1. The second kappa shape index (κ2) is 13.2. The monoisotopic (exact) mass is 585 g/mol. The Kier molecular flexibility index (Phi) is 11.2. The molecule has 2 atom stereocenters. The molecule has 1 aliphatic rings. The van der Waals surface area contributed by atoms with Crippen LogP contribution in [0, 0.1) is 0 Å². The van der Waals surface area contributed by atoms with Crippen LogP contribution in [0.2, 0.25) is 10.0 Å². The number of halogens is 4. The van der Waals surface area contributed by atoms with Crippen molar-refractivity contribution in [1.29, 1.82) is 0 Å². The Balaban J connectivity index is 0.00000241. The van der Waals surface area contributed by atoms with E-state index in [1.807, 2.05) is 24.4 Å². The number of likely N-dealkylation sites (N-methyl/N-ethyl adjacent to an activating group) is 1. The number of carbonyl (C=O) groups is 1. The number of nitrogens with zero attached hydrogens (tertiary/aromatic N) is 3. The lowest BCUT2D eigenvalue weighted by Gasteiger charge is -2.45. The van der Waals surface area contributed by atoms with Gasteiger partial charge >= 0.3 is 0 Å². The molecule has 1 aromatic heterocycles. The highest BCUT2D eigenvalue weighted by atomic mass is 35.5. The summed E-state index contributed by atoms with van der Waals surface area (Å²) in [7, 11) is 0. The fraction of sp³-hybridized carbons (Fsp3) is 0.407. The smallest absolute Gasteiger partial charge is 0.257 e. The lowest BCUT2D eigenvalue weighted by Crippen LogP contribution is -2.56. The molecule has 6 nitrogen and oxygen atoms in total. The second-order valence-corrected chi connectivity index (χ2v) is 10.4. The molecule has 0 radical (unpaired) electrons. The van der Waals surface area contributed by atoms with Crippen LogP contribution in [0.1, 0.15) is 56.6 Å². The maximum Gasteiger partial charge on any atom is 0.257 e. The van der Waals surface area contributed by atoms with Gasteiger partial charge in [-0.2, -0.15) is 0 Å². The average Bonchev–Trinajstić information content (AvgIpc) is 3.30. The van der Waals surface area contributed by atoms with Crippen LogP contribution in [0.25, 0.3) is 11.4 Å². The van der Waals surface area contributed by atoms with Crippen LogP contribution in [-0.4, -0.2) is 52.5 Å². The molecule has 2 aromatic carbocycles. The number of carbonyl (C=O) groups excluding carboxylic acids is 1. The summed E-state index contributed by atoms with van der Waals surface area (Å²) in [5.41, 5.74) is 3.84. The lowest BCUT2D eigenvalue weighted by atomic mass is 10.1. The maximum atomic E-state index is 13.1. The molecule has 2 heterocycles. The highest BCUT2D eigenvalue weighted by molar-refractivity contribution is 6.35. The zero-order chi connectivity index (χ0) is 25.3. The van der Waals surface area contributed by atoms with Gasteiger partial charge < -0.3 is 15.2 Å². The number of hydrogen-bond donors (Lipinski definition) is 2. The predicted octanol–water partition coefficient (Wildman–Crippen LogP) is 7.52. The molecule has 0 spiro atoms. The molecule has 4 rings (SSSR count). The summed E-state index contributed by atoms with van der Waals surface area (Å²) in [6, 6.07) is 11.9. The normalized spacial score (nSPS) is 17.8. The van der Waals surface area contributed by atoms with E-state index < -0.39 is 0 Å². The van der Waals surface area contributed by atoms with E-state index in [0.717, 1.165) is 36.6 Å². The van der Waals surface area contributed by atoms with Crippen molar-refractivity contribution in [1.82, 2.24) is 14.9 Å². The fourth-order valence-electron chi connectivity index (χ4n) is 4.82. The van der Waals surface area contributed by atoms with Gasteiger partial charge in [0.15, 0.2) is 0 Å². The Morgan fingerprint density at radius 3 is 2.32 bits per heavy atom. The van der Waals surface area contributed by atoms with Crippen LogP contribution in [0.15, 0.2) is 42.6 Å². The molecule has 0 aliphatic carbocycles. The van der Waals surface area contributed by atoms with Gasteiger partial charge in [-0.1, -0.05) is 44.0 Å². The van der Waals surface area contributed by atoms with Crippen molar-refractivity contribution in [3.8, 4) is 11.4 Å². The Hall–Kier alpha value is -1.96. The number of anilines is 2. The van der Waals surface area contributed by atoms with Crippen LogP contribution < -0.4 is 10.2 Å². The number of amides is 1. The van der Waals surface area contributed by atoms with Gasteiger partial charge in [0, 0.05) is 54.0 Å². The van der Waals surface area contributed by atoms with Crippen molar-refractivity contribution in [3.05, 3.63) is 63.9 Å². The molecular formula is C27H35Cl4N5O. The first-order valence-corrected chi connectivity index (χ1v) is 12.9. The van der Waals surface area contributed by atoms with Crippen LogP contribution >= 0.6 is 48.0 Å². The number of piperazine rings is 1. The van der Waals surface area contributed by atoms with Gasteiger partial charge in [0.25, 0.3) is 5.91 Å². The zero-order valence-electron chi connectivity index (χ0n) is 21.7. The topological polar surface area (TPSA) is 64.3 Å². The van der Waals surface area contributed by atoms with Gasteiger partial charge in [-0.05, 0) is 62.7 Å². The van der Waals surface area contributed by atoms with E-state index in [1.54, 1.807) is 18.2 Å². The summed E-state index contributed by atoms with van der Waals surface area (Å²) in [6.07, 6.45) is 1.81. The fourth-order valence-corrected chi connectivity index (χ4v) is 5.29. The van der Waals surface area contributed by atoms with E-state index in [4.69, 9.17) is 23.2 Å². The average molecular weight is 587 g/mol. The number of benzene rings is 2. The molecule has 3 aromatic rings. The Bertz CT molecular complexity index is 1200. The van der Waals surface area contributed by atoms with Gasteiger partial charge in [0.1, 0.15) is 5.82 Å². The third-order valence-corrected chi connectivity index (χ3v) is 7.37. The van der Waals surface area contributed by atoms with Gasteiger partial charge in [-0.15, -0.1) is 24.8 Å². The summed E-state index contributed by atoms with van der Waals surface area (Å²) in [5, 5.41) is 3.94. The largest absolute Gasteiger partial charge is 0.368 e. The Morgan fingerprint density at radius 2 is 1.76 bits per heavy atom. The second-order valence-electron chi connectivity index (χ2n) is 9.59. The molecule has 1 saturated heterocycles. The Morgan fingerprint density at radius 1 is 1.08 bits per heavy atom. The molecule has 1 amide bonds. The third-order valence-electron chi connectivity index (χ3n) is 6.73. The van der Waals surface area contributed by atoms with Crippen molar-refractivity contribution in [3.63, 3.8) is 0 Å². The van der Waals surface area contributed by atoms with E-state index in [-0.39, 0.29) is 30.7 Å². The number of H-pyrrole nitrogens is 1. The number of hydrogen-bond acceptors (Lipinski definition) is 4. The Labute approximate surface area is 241 Å². The minimum atomic E-state index is -0.269. The van der Waals surface area contributed by atoms with E-state index in [9.17, 15) is 4.79 Å². The van der Waals surface area contributed by atoms with Crippen molar-refractivity contribution in [2.75, 3.05) is 29.9 Å². The van der Waals surface area contributed by atoms with Gasteiger partial charge in [0.2, 0.25) is 0 Å². The summed E-state index contributed by atoms with van der Waals surface area (Å²) in [4.78, 5) is 25.7. The molecule has 0 unspecified atom stereocenters. The summed E-state index contributed by atoms with van der Waals surface area (Å²) < 4.78 is 0. The first-order chi connectivity index (χ1) is 16.7. The molecular weight excluding hydrogens is 552 g/mol. The van der Waals surface area contributed by atoms with Crippen molar-refractivity contribution < 1.29 is 4.79 Å². The van der Waals surface area contributed by atoms with Gasteiger partial charge in [0.05, 0.1) is 15.6 Å². The van der Waals surface area contributed by atoms with Gasteiger partial charge in [-0.25, -0.2) is 4.98 Å². The van der Waals surface area contributed by atoms with E-state index in [1.165, 1.54) is 0 Å². The number of imidazole rings is 1. The zero-order valence-corrected chi connectivity index (χ0v) is 24.9. The van der Waals surface area contributed by atoms with Crippen molar-refractivity contribution >= 4 is 65.3 Å². The van der Waals surface area contributed by atoms with Crippen molar-refractivity contribution in [2.45, 2.75) is 52.6 Å². The highest BCUT2D eigenvalue weighted by Crippen LogP contribution is 2.31. The molecule has 1 aliphatic heterocycles. The molecule has 0 bridgehead atoms. The van der Waals surface area contributed by atoms with E-state index in [2.05, 4.69) is 59.7 Å². The molecule has 1 fully saturated rings. The van der Waals surface area contributed by atoms with E-state index in [0.29, 0.717) is 45.1 Å². The number of nitrogens with one attached hydrogen (secondary N) is 2. The van der Waals surface area contributed by atoms with Crippen LogP contribution in [0.5, 0.6) is 0 Å². The first-order valence-electron chi connectivity index (χ1n) is 12.1. The quantitative estimate of drug-likeness (QED) is 0.313. The molecule has 0 saturated carbocycles. The summed E-state index contributed by atoms with van der Waals surface area (Å²) >= 11 is 13.0. The third kappa shape index (κ3) is 6.92. The summed E-state index contributed by atoms with van der Waals surface area (Å²) in [6.45, 7) is 13.8. The highest BCUT2D eigenvalue weighted by Gasteiger charge is 2.28. The lowest BCUT2D eigenvalue weighted by molar-refractivity contribution is 0.102. The molecule has 10 heteroatoms. The standard InChI is InChI=1S/C27H33Cl2N5O.2ClH/c1-6-34-17(4)14-33(15-18(34)5)20-8-9-21(24(29)12-20)27(35)31-19-7-10-23(28)22(11-19)26-30-13-25(32-26)16(2)3;;/h7-13,16-18H,6,14-15H2,1-5H3,(H,30,32)(H,31,35);2*1H/t17-,18+;;. The molecule has 202 valence electrons. The van der Waals surface area contributed by atoms with Crippen LogP contribution in [-0.2, 0) is 0 Å². The predicted molar refractivity (Wildman–Crippen MR) is 161 cm³/mol. The SMILES string of the molecule is CCN1[C@H](C)CN(c2ccc(C(=O)Nc3ccc(Cl)c(-c4ncc(C(C)C)[nH]4)c3)c(Cl)c2)C[C@@H]1C.Cl.Cl. The number of rotatable bonds is 6. The maximum absolute atomic E-state index is 13.1. The van der Waals surface area contributed by atoms with Crippen molar-refractivity contribution in [2.24, 2.45) is 0 Å². The van der Waals surface area contributed by atoms with Crippen LogP contribution in [0.4, 0.5) is 11.4 Å². The number of aromatic nitrogens is 2. The minimum Gasteiger partial charge on any atom is -0.368 e. The summed E-state index contributed by atoms with van der Waals surface area (Å²) in [5.74, 6) is 0.725. The van der Waals surface area contributed by atoms with Gasteiger partial charge in [-0.3, -0.25) is 9.69 Å². The van der Waals surface area contributed by atoms with Crippen LogP contribution in [0.3, 0.4) is 0 Å². The first kappa shape index (κ1) is 31.3. The molecule has 37 heavy (non-hydrogen) atoms. The minimum absolute atomic E-state index is 0. The van der Waals surface area contributed by atoms with E-state index >= 15 is 0 Å².